The molecule has 0 amide bonds. The van der Waals surface area contributed by atoms with Crippen LogP contribution in [0.1, 0.15) is 19.3 Å². The number of ether oxygens (including phenoxy) is 1. The Bertz CT molecular complexity index is 514. The number of nitrogens with zero attached hydrogens (tertiary/aromatic N) is 3. The molecule has 21 heavy (non-hydrogen) atoms. The number of hydrogen-bond donors (Lipinski definition) is 1. The number of anilines is 1. The van der Waals surface area contributed by atoms with Crippen molar-refractivity contribution >= 4 is 17.3 Å². The Balaban J connectivity index is 2.08. The predicted molar refractivity (Wildman–Crippen MR) is 84.3 cm³/mol. The molecule has 1 aliphatic rings. The Morgan fingerprint density at radius 2 is 2.38 bits per heavy atom. The zero-order valence-corrected chi connectivity index (χ0v) is 13.4. The second-order valence-electron chi connectivity index (χ2n) is 5.39. The zero-order chi connectivity index (χ0) is 15.2. The lowest BCUT2D eigenvalue weighted by atomic mass is 10.0. The smallest absolute Gasteiger partial charge is 0.287 e. The average molecular weight is 315 g/mol. The average Bonchev–Trinajstić information content (AvgIpc) is 2.49. The van der Waals surface area contributed by atoms with Crippen LogP contribution in [0.2, 0.25) is 5.02 Å². The third-order valence-corrected chi connectivity index (χ3v) is 4.15. The second-order valence-corrected chi connectivity index (χ2v) is 5.77. The lowest BCUT2D eigenvalue weighted by molar-refractivity contribution is 0.182. The van der Waals surface area contributed by atoms with E-state index in [0.717, 1.165) is 19.5 Å². The number of nitrogens with one attached hydrogen (secondary N) is 1. The van der Waals surface area contributed by atoms with Crippen LogP contribution in [-0.2, 0) is 11.3 Å². The molecule has 1 unspecified atom stereocenters. The maximum absolute atomic E-state index is 12.2. The van der Waals surface area contributed by atoms with Gasteiger partial charge in [0, 0.05) is 26.7 Å². The van der Waals surface area contributed by atoms with E-state index in [-0.39, 0.29) is 10.6 Å². The van der Waals surface area contributed by atoms with E-state index in [1.54, 1.807) is 13.3 Å². The van der Waals surface area contributed by atoms with E-state index in [0.29, 0.717) is 24.9 Å². The molecule has 0 bridgehead atoms. The fraction of sp³-hybridized carbons (Fsp3) is 0.714. The Kier molecular flexibility index (Phi) is 6.02. The van der Waals surface area contributed by atoms with E-state index in [9.17, 15) is 4.79 Å². The minimum Gasteiger partial charge on any atom is -0.383 e. The van der Waals surface area contributed by atoms with Crippen molar-refractivity contribution in [2.45, 2.75) is 31.8 Å². The minimum absolute atomic E-state index is 0.222. The van der Waals surface area contributed by atoms with Gasteiger partial charge in [-0.2, -0.15) is 5.10 Å². The molecule has 2 heterocycles. The summed E-state index contributed by atoms with van der Waals surface area (Å²) in [4.78, 5) is 14.2. The van der Waals surface area contributed by atoms with Gasteiger partial charge in [0.25, 0.3) is 5.56 Å². The standard InChI is InChI=1S/C14H23ClN4O2/c1-18(10-11-5-3-4-6-16-11)12-9-17-19(7-8-21-2)14(20)13(12)15/h9,11,16H,3-8,10H2,1-2H3. The summed E-state index contributed by atoms with van der Waals surface area (Å²) in [5, 5.41) is 7.88. The van der Waals surface area contributed by atoms with Crippen LogP contribution in [0.3, 0.4) is 0 Å². The van der Waals surface area contributed by atoms with Crippen molar-refractivity contribution in [2.24, 2.45) is 0 Å². The molecule has 1 fully saturated rings. The SMILES string of the molecule is COCCn1ncc(N(C)CC2CCCCN2)c(Cl)c1=O. The summed E-state index contributed by atoms with van der Waals surface area (Å²) in [6, 6.07) is 0.440. The van der Waals surface area contributed by atoms with Gasteiger partial charge in [0.15, 0.2) is 0 Å². The summed E-state index contributed by atoms with van der Waals surface area (Å²) in [5.74, 6) is 0. The summed E-state index contributed by atoms with van der Waals surface area (Å²) in [6.45, 7) is 2.72. The van der Waals surface area contributed by atoms with E-state index >= 15 is 0 Å². The first kappa shape index (κ1) is 16.3. The number of likely N-dealkylation sites (N-methyl/N-ethyl adjacent to an activating group) is 1. The van der Waals surface area contributed by atoms with Gasteiger partial charge >= 0.3 is 0 Å². The molecule has 1 aliphatic heterocycles. The zero-order valence-electron chi connectivity index (χ0n) is 12.6. The van der Waals surface area contributed by atoms with Crippen LogP contribution >= 0.6 is 11.6 Å². The van der Waals surface area contributed by atoms with Gasteiger partial charge in [0.2, 0.25) is 0 Å². The van der Waals surface area contributed by atoms with Crippen molar-refractivity contribution in [3.63, 3.8) is 0 Å². The summed E-state index contributed by atoms with van der Waals surface area (Å²) >= 11 is 6.21. The van der Waals surface area contributed by atoms with Gasteiger partial charge in [0.1, 0.15) is 5.02 Å². The van der Waals surface area contributed by atoms with Gasteiger partial charge in [-0.1, -0.05) is 18.0 Å². The van der Waals surface area contributed by atoms with Crippen LogP contribution in [0.25, 0.3) is 0 Å². The Morgan fingerprint density at radius 3 is 3.05 bits per heavy atom. The number of rotatable bonds is 6. The topological polar surface area (TPSA) is 59.4 Å². The van der Waals surface area contributed by atoms with E-state index in [1.807, 2.05) is 11.9 Å². The normalized spacial score (nSPS) is 18.7. The van der Waals surface area contributed by atoms with Crippen molar-refractivity contribution in [1.82, 2.24) is 15.1 Å². The molecule has 0 radical (unpaired) electrons. The summed E-state index contributed by atoms with van der Waals surface area (Å²) in [6.07, 6.45) is 5.29. The largest absolute Gasteiger partial charge is 0.383 e. The van der Waals surface area contributed by atoms with Crippen LogP contribution < -0.4 is 15.8 Å². The fourth-order valence-corrected chi connectivity index (χ4v) is 2.86. The number of hydrogen-bond acceptors (Lipinski definition) is 5. The summed E-state index contributed by atoms with van der Waals surface area (Å²) in [7, 11) is 3.53. The lowest BCUT2D eigenvalue weighted by Gasteiger charge is -2.29. The Morgan fingerprint density at radius 1 is 1.57 bits per heavy atom. The van der Waals surface area contributed by atoms with Crippen molar-refractivity contribution in [2.75, 3.05) is 38.8 Å². The quantitative estimate of drug-likeness (QED) is 0.853. The van der Waals surface area contributed by atoms with Gasteiger partial charge in [-0.15, -0.1) is 0 Å². The third-order valence-electron chi connectivity index (χ3n) is 3.79. The summed E-state index contributed by atoms with van der Waals surface area (Å²) in [5.41, 5.74) is 0.414. The van der Waals surface area contributed by atoms with Crippen LogP contribution in [0.4, 0.5) is 5.69 Å². The van der Waals surface area contributed by atoms with E-state index in [4.69, 9.17) is 16.3 Å². The van der Waals surface area contributed by atoms with Gasteiger partial charge in [-0.3, -0.25) is 4.79 Å². The van der Waals surface area contributed by atoms with Gasteiger partial charge in [-0.25, -0.2) is 4.68 Å². The molecule has 1 aromatic rings. The minimum atomic E-state index is -0.269. The summed E-state index contributed by atoms with van der Waals surface area (Å²) < 4.78 is 6.29. The highest BCUT2D eigenvalue weighted by molar-refractivity contribution is 6.33. The van der Waals surface area contributed by atoms with Gasteiger partial charge < -0.3 is 15.0 Å². The molecule has 0 saturated carbocycles. The highest BCUT2D eigenvalue weighted by atomic mass is 35.5. The molecule has 0 aliphatic carbocycles. The predicted octanol–water partition coefficient (Wildman–Crippen LogP) is 1.12. The molecule has 7 heteroatoms. The second kappa shape index (κ2) is 7.77. The van der Waals surface area contributed by atoms with Gasteiger partial charge in [0.05, 0.1) is 25.0 Å². The molecular formula is C14H23ClN4O2. The monoisotopic (exact) mass is 314 g/mol. The third kappa shape index (κ3) is 4.18. The molecule has 1 N–H and O–H groups in total. The van der Waals surface area contributed by atoms with Crippen LogP contribution in [0.15, 0.2) is 11.0 Å². The molecule has 6 nitrogen and oxygen atoms in total. The Hall–Kier alpha value is -1.11. The van der Waals surface area contributed by atoms with Crippen LogP contribution in [0.5, 0.6) is 0 Å². The van der Waals surface area contributed by atoms with E-state index in [1.165, 1.54) is 17.5 Å². The van der Waals surface area contributed by atoms with Gasteiger partial charge in [-0.05, 0) is 19.4 Å². The van der Waals surface area contributed by atoms with Crippen molar-refractivity contribution in [3.05, 3.63) is 21.6 Å². The van der Waals surface area contributed by atoms with E-state index in [2.05, 4.69) is 10.4 Å². The first-order valence-corrected chi connectivity index (χ1v) is 7.70. The van der Waals surface area contributed by atoms with Crippen molar-refractivity contribution < 1.29 is 4.74 Å². The highest BCUT2D eigenvalue weighted by Crippen LogP contribution is 2.20. The molecule has 1 saturated heterocycles. The van der Waals surface area contributed by atoms with Crippen LogP contribution in [-0.4, -0.2) is 49.7 Å². The maximum atomic E-state index is 12.2. The number of methoxy groups -OCH3 is 1. The molecule has 1 aromatic heterocycles. The molecule has 118 valence electrons. The number of aromatic nitrogens is 2. The fourth-order valence-electron chi connectivity index (χ4n) is 2.57. The van der Waals surface area contributed by atoms with E-state index < -0.39 is 0 Å². The maximum Gasteiger partial charge on any atom is 0.287 e. The Labute approximate surface area is 130 Å². The van der Waals surface area contributed by atoms with Crippen LogP contribution in [0, 0.1) is 0 Å². The molecular weight excluding hydrogens is 292 g/mol. The number of piperidine rings is 1. The van der Waals surface area contributed by atoms with Crippen molar-refractivity contribution in [3.8, 4) is 0 Å². The highest BCUT2D eigenvalue weighted by Gasteiger charge is 2.18. The molecule has 0 aromatic carbocycles. The molecule has 2 rings (SSSR count). The number of halogens is 1. The van der Waals surface area contributed by atoms with Crippen molar-refractivity contribution in [1.29, 1.82) is 0 Å². The first-order chi connectivity index (χ1) is 10.1. The molecule has 1 atom stereocenters. The molecule has 0 spiro atoms. The lowest BCUT2D eigenvalue weighted by Crippen LogP contribution is -2.43. The first-order valence-electron chi connectivity index (χ1n) is 7.32.